The third-order valence-electron chi connectivity index (χ3n) is 3.97. The lowest BCUT2D eigenvalue weighted by atomic mass is 10.0. The lowest BCUT2D eigenvalue weighted by Crippen LogP contribution is -2.35. The van der Waals surface area contributed by atoms with E-state index in [0.29, 0.717) is 25.7 Å². The van der Waals surface area contributed by atoms with Crippen molar-refractivity contribution >= 4 is 5.91 Å². The normalized spacial score (nSPS) is 15.6. The third-order valence-corrected chi connectivity index (χ3v) is 3.97. The van der Waals surface area contributed by atoms with Gasteiger partial charge in [-0.05, 0) is 43.0 Å². The molecule has 4 nitrogen and oxygen atoms in total. The number of nitrogens with one attached hydrogen (secondary N) is 1. The highest BCUT2D eigenvalue weighted by Crippen LogP contribution is 2.46. The number of hydrogen-bond donors (Lipinski definition) is 1. The van der Waals surface area contributed by atoms with E-state index in [0.717, 1.165) is 17.7 Å². The average Bonchev–Trinajstić information content (AvgIpc) is 3.13. The molecule has 22 heavy (non-hydrogen) atoms. The van der Waals surface area contributed by atoms with Crippen molar-refractivity contribution < 1.29 is 13.6 Å². The number of benzene rings is 1. The molecule has 1 aromatic heterocycles. The lowest BCUT2D eigenvalue weighted by molar-refractivity contribution is -0.122. The zero-order valence-corrected chi connectivity index (χ0v) is 12.3. The Kier molecular flexibility index (Phi) is 3.68. The van der Waals surface area contributed by atoms with E-state index in [9.17, 15) is 13.6 Å². The molecular formula is C16H17F2N3O. The summed E-state index contributed by atoms with van der Waals surface area (Å²) in [5.74, 6) is -1.14. The second-order valence-electron chi connectivity index (χ2n) is 5.78. The smallest absolute Gasteiger partial charge is 0.221 e. The van der Waals surface area contributed by atoms with Crippen molar-refractivity contribution in [3.8, 4) is 0 Å². The molecule has 116 valence electrons. The Labute approximate surface area is 127 Å². The number of amides is 1. The van der Waals surface area contributed by atoms with Gasteiger partial charge in [0.2, 0.25) is 5.91 Å². The third kappa shape index (κ3) is 3.00. The molecule has 2 aromatic rings. The molecule has 1 aliphatic carbocycles. The van der Waals surface area contributed by atoms with Gasteiger partial charge in [0.25, 0.3) is 0 Å². The average molecular weight is 305 g/mol. The van der Waals surface area contributed by atoms with Crippen LogP contribution >= 0.6 is 0 Å². The van der Waals surface area contributed by atoms with Gasteiger partial charge in [-0.2, -0.15) is 5.10 Å². The van der Waals surface area contributed by atoms with Gasteiger partial charge in [0, 0.05) is 25.2 Å². The minimum Gasteiger partial charge on any atom is -0.346 e. The highest BCUT2D eigenvalue weighted by atomic mass is 19.1. The van der Waals surface area contributed by atoms with E-state index in [1.165, 1.54) is 6.07 Å². The summed E-state index contributed by atoms with van der Waals surface area (Å²) in [6.07, 6.45) is 5.70. The summed E-state index contributed by atoms with van der Waals surface area (Å²) in [5.41, 5.74) is 0.472. The molecule has 1 aliphatic rings. The monoisotopic (exact) mass is 305 g/mol. The van der Waals surface area contributed by atoms with Crippen molar-refractivity contribution in [2.24, 2.45) is 7.05 Å². The zero-order valence-electron chi connectivity index (χ0n) is 12.3. The molecule has 0 atom stereocenters. The molecule has 0 aliphatic heterocycles. The highest BCUT2D eigenvalue weighted by molar-refractivity contribution is 5.78. The number of carbonyl (C=O) groups is 1. The van der Waals surface area contributed by atoms with Crippen LogP contribution in [-0.4, -0.2) is 15.7 Å². The van der Waals surface area contributed by atoms with Crippen molar-refractivity contribution in [3.63, 3.8) is 0 Å². The molecule has 0 saturated heterocycles. The minimum atomic E-state index is -0.738. The summed E-state index contributed by atoms with van der Waals surface area (Å²) in [7, 11) is 1.81. The van der Waals surface area contributed by atoms with Crippen molar-refractivity contribution in [3.05, 3.63) is 53.4 Å². The van der Waals surface area contributed by atoms with E-state index < -0.39 is 17.2 Å². The summed E-state index contributed by atoms with van der Waals surface area (Å²) in [6.45, 7) is 0. The topological polar surface area (TPSA) is 46.9 Å². The summed E-state index contributed by atoms with van der Waals surface area (Å²) >= 11 is 0. The second-order valence-corrected chi connectivity index (χ2v) is 5.78. The SMILES string of the molecule is Cn1cc(CCC(=O)NC2(c3cc(F)ccc3F)CC2)cn1. The van der Waals surface area contributed by atoms with Gasteiger partial charge in [-0.1, -0.05) is 0 Å². The molecule has 0 spiro atoms. The Hall–Kier alpha value is -2.24. The van der Waals surface area contributed by atoms with Crippen LogP contribution in [0.2, 0.25) is 0 Å². The summed E-state index contributed by atoms with van der Waals surface area (Å²) < 4.78 is 28.9. The summed E-state index contributed by atoms with van der Waals surface area (Å²) in [6, 6.07) is 3.36. The van der Waals surface area contributed by atoms with Gasteiger partial charge in [0.15, 0.2) is 0 Å². The van der Waals surface area contributed by atoms with Gasteiger partial charge < -0.3 is 5.32 Å². The van der Waals surface area contributed by atoms with Crippen LogP contribution in [0.25, 0.3) is 0 Å². The molecule has 1 fully saturated rings. The molecule has 1 heterocycles. The van der Waals surface area contributed by atoms with E-state index >= 15 is 0 Å². The molecule has 0 radical (unpaired) electrons. The summed E-state index contributed by atoms with van der Waals surface area (Å²) in [5, 5.41) is 6.90. The Morgan fingerprint density at radius 1 is 1.41 bits per heavy atom. The van der Waals surface area contributed by atoms with Gasteiger partial charge in [0.05, 0.1) is 11.7 Å². The van der Waals surface area contributed by atoms with Crippen molar-refractivity contribution in [2.75, 3.05) is 0 Å². The Morgan fingerprint density at radius 2 is 2.18 bits per heavy atom. The number of rotatable bonds is 5. The number of hydrogen-bond acceptors (Lipinski definition) is 2. The largest absolute Gasteiger partial charge is 0.346 e. The van der Waals surface area contributed by atoms with Crippen LogP contribution in [0.4, 0.5) is 8.78 Å². The van der Waals surface area contributed by atoms with E-state index in [4.69, 9.17) is 0 Å². The van der Waals surface area contributed by atoms with Crippen molar-refractivity contribution in [1.82, 2.24) is 15.1 Å². The fourth-order valence-electron chi connectivity index (χ4n) is 2.64. The molecule has 1 aromatic carbocycles. The van der Waals surface area contributed by atoms with Crippen LogP contribution in [0, 0.1) is 11.6 Å². The lowest BCUT2D eigenvalue weighted by Gasteiger charge is -2.18. The molecule has 1 saturated carbocycles. The van der Waals surface area contributed by atoms with E-state index in [2.05, 4.69) is 10.4 Å². The zero-order chi connectivity index (χ0) is 15.7. The van der Waals surface area contributed by atoms with E-state index in [1.807, 2.05) is 13.2 Å². The van der Waals surface area contributed by atoms with E-state index in [-0.39, 0.29) is 11.5 Å². The standard InChI is InChI=1S/C16H17F2N3O/c1-21-10-11(9-19-21)2-5-15(22)20-16(6-7-16)13-8-12(17)3-4-14(13)18/h3-4,8-10H,2,5-7H2,1H3,(H,20,22). The van der Waals surface area contributed by atoms with Crippen LogP contribution < -0.4 is 5.32 Å². The fraction of sp³-hybridized carbons (Fsp3) is 0.375. The van der Waals surface area contributed by atoms with E-state index in [1.54, 1.807) is 10.9 Å². The number of aromatic nitrogens is 2. The van der Waals surface area contributed by atoms with Crippen LogP contribution in [-0.2, 0) is 23.8 Å². The van der Waals surface area contributed by atoms with Crippen LogP contribution in [0.1, 0.15) is 30.4 Å². The van der Waals surface area contributed by atoms with Crippen LogP contribution in [0.3, 0.4) is 0 Å². The maximum Gasteiger partial charge on any atom is 0.221 e. The van der Waals surface area contributed by atoms with Gasteiger partial charge in [0.1, 0.15) is 11.6 Å². The predicted molar refractivity (Wildman–Crippen MR) is 76.9 cm³/mol. The molecule has 1 amide bonds. The first-order valence-electron chi connectivity index (χ1n) is 7.23. The number of carbonyl (C=O) groups excluding carboxylic acids is 1. The molecule has 3 rings (SSSR count). The first kappa shape index (κ1) is 14.7. The van der Waals surface area contributed by atoms with Gasteiger partial charge in [-0.25, -0.2) is 8.78 Å². The molecule has 0 bridgehead atoms. The highest BCUT2D eigenvalue weighted by Gasteiger charge is 2.47. The van der Waals surface area contributed by atoms with Crippen LogP contribution in [0.5, 0.6) is 0 Å². The number of aryl methyl sites for hydroxylation is 2. The molecular weight excluding hydrogens is 288 g/mol. The maximum atomic E-state index is 13.9. The predicted octanol–water partition coefficient (Wildman–Crippen LogP) is 2.44. The minimum absolute atomic E-state index is 0.162. The quantitative estimate of drug-likeness (QED) is 0.922. The Morgan fingerprint density at radius 3 is 2.82 bits per heavy atom. The van der Waals surface area contributed by atoms with Crippen molar-refractivity contribution in [1.29, 1.82) is 0 Å². The summed E-state index contributed by atoms with van der Waals surface area (Å²) in [4.78, 5) is 12.1. The van der Waals surface area contributed by atoms with Gasteiger partial charge >= 0.3 is 0 Å². The Bertz CT molecular complexity index is 707. The first-order chi connectivity index (χ1) is 10.5. The molecule has 6 heteroatoms. The maximum absolute atomic E-state index is 13.9. The van der Waals surface area contributed by atoms with Crippen LogP contribution in [0.15, 0.2) is 30.6 Å². The number of nitrogens with zero attached hydrogens (tertiary/aromatic N) is 2. The molecule has 0 unspecified atom stereocenters. The molecule has 1 N–H and O–H groups in total. The first-order valence-corrected chi connectivity index (χ1v) is 7.23. The Balaban J connectivity index is 1.64. The fourth-order valence-corrected chi connectivity index (χ4v) is 2.64. The van der Waals surface area contributed by atoms with Gasteiger partial charge in [-0.3, -0.25) is 9.48 Å². The number of halogens is 2. The van der Waals surface area contributed by atoms with Crippen molar-refractivity contribution in [2.45, 2.75) is 31.2 Å². The second kappa shape index (κ2) is 5.51. The van der Waals surface area contributed by atoms with Gasteiger partial charge in [-0.15, -0.1) is 0 Å².